The molecule has 5 nitrogen and oxygen atoms in total. The second-order valence-corrected chi connectivity index (χ2v) is 4.63. The maximum atomic E-state index is 13.4. The molecule has 0 atom stereocenters. The van der Waals surface area contributed by atoms with Gasteiger partial charge in [-0.15, -0.1) is 0 Å². The van der Waals surface area contributed by atoms with Crippen molar-refractivity contribution in [3.63, 3.8) is 0 Å². The summed E-state index contributed by atoms with van der Waals surface area (Å²) in [7, 11) is 0. The summed E-state index contributed by atoms with van der Waals surface area (Å²) in [5, 5.41) is 9.09. The number of aromatic amines is 1. The standard InChI is InChI=1S/C14H16F2N4O/c1-2-3-11-12(17)13(20-19-11)14(21)18-7-8-4-5-9(15)6-10(8)16/h4-6H,2-3,7,17H2,1H3,(H,18,21)(H,19,20). The Morgan fingerprint density at radius 3 is 2.86 bits per heavy atom. The zero-order valence-corrected chi connectivity index (χ0v) is 11.5. The zero-order valence-electron chi connectivity index (χ0n) is 11.5. The van der Waals surface area contributed by atoms with Gasteiger partial charge in [0, 0.05) is 18.2 Å². The summed E-state index contributed by atoms with van der Waals surface area (Å²) >= 11 is 0. The van der Waals surface area contributed by atoms with Gasteiger partial charge in [0.15, 0.2) is 5.69 Å². The summed E-state index contributed by atoms with van der Waals surface area (Å²) in [5.74, 6) is -1.88. The Bertz CT molecular complexity index is 654. The van der Waals surface area contributed by atoms with Crippen LogP contribution in [-0.4, -0.2) is 16.1 Å². The fourth-order valence-electron chi connectivity index (χ4n) is 1.92. The van der Waals surface area contributed by atoms with Gasteiger partial charge in [0.25, 0.3) is 5.91 Å². The van der Waals surface area contributed by atoms with Crippen LogP contribution in [0.4, 0.5) is 14.5 Å². The number of nitrogen functional groups attached to an aromatic ring is 1. The van der Waals surface area contributed by atoms with E-state index in [9.17, 15) is 13.6 Å². The van der Waals surface area contributed by atoms with Crippen LogP contribution in [0, 0.1) is 11.6 Å². The van der Waals surface area contributed by atoms with E-state index >= 15 is 0 Å². The van der Waals surface area contributed by atoms with Gasteiger partial charge in [-0.05, 0) is 12.5 Å². The number of halogens is 2. The molecule has 0 aliphatic rings. The predicted molar refractivity (Wildman–Crippen MR) is 74.5 cm³/mol. The molecule has 0 saturated heterocycles. The van der Waals surface area contributed by atoms with E-state index < -0.39 is 17.5 Å². The topological polar surface area (TPSA) is 83.8 Å². The first-order valence-electron chi connectivity index (χ1n) is 6.57. The van der Waals surface area contributed by atoms with Gasteiger partial charge in [-0.25, -0.2) is 8.78 Å². The molecule has 0 aliphatic heterocycles. The molecule has 4 N–H and O–H groups in total. The van der Waals surface area contributed by atoms with Crippen molar-refractivity contribution < 1.29 is 13.6 Å². The quantitative estimate of drug-likeness (QED) is 0.790. The number of hydrogen-bond donors (Lipinski definition) is 3. The molecule has 0 aliphatic carbocycles. The molecule has 1 aromatic carbocycles. The number of rotatable bonds is 5. The van der Waals surface area contributed by atoms with Crippen LogP contribution in [0.2, 0.25) is 0 Å². The number of benzene rings is 1. The Kier molecular flexibility index (Phi) is 4.52. The number of anilines is 1. The van der Waals surface area contributed by atoms with Gasteiger partial charge in [0.2, 0.25) is 0 Å². The molecule has 1 amide bonds. The molecule has 112 valence electrons. The number of nitrogens with two attached hydrogens (primary N) is 1. The molecule has 2 aromatic rings. The lowest BCUT2D eigenvalue weighted by atomic mass is 10.2. The summed E-state index contributed by atoms with van der Waals surface area (Å²) in [6.07, 6.45) is 1.56. The lowest BCUT2D eigenvalue weighted by Crippen LogP contribution is -2.24. The Hall–Kier alpha value is -2.44. The van der Waals surface area contributed by atoms with E-state index in [0.29, 0.717) is 17.8 Å². The fourth-order valence-corrected chi connectivity index (χ4v) is 1.92. The Balaban J connectivity index is 2.05. The van der Waals surface area contributed by atoms with Crippen LogP contribution in [-0.2, 0) is 13.0 Å². The van der Waals surface area contributed by atoms with Crippen molar-refractivity contribution in [1.29, 1.82) is 0 Å². The SMILES string of the molecule is CCCc1[nH]nc(C(=O)NCc2ccc(F)cc2F)c1N. The molecule has 0 fully saturated rings. The number of hydrogen-bond acceptors (Lipinski definition) is 3. The maximum absolute atomic E-state index is 13.4. The van der Waals surface area contributed by atoms with Gasteiger partial charge in [-0.2, -0.15) is 5.10 Å². The minimum absolute atomic E-state index is 0.0691. The Labute approximate surface area is 120 Å². The number of carbonyl (C=O) groups is 1. The second kappa shape index (κ2) is 6.34. The molecule has 0 unspecified atom stereocenters. The predicted octanol–water partition coefficient (Wildman–Crippen LogP) is 2.15. The fraction of sp³-hybridized carbons (Fsp3) is 0.286. The first kappa shape index (κ1) is 15.0. The van der Waals surface area contributed by atoms with E-state index in [-0.39, 0.29) is 17.8 Å². The maximum Gasteiger partial charge on any atom is 0.274 e. The van der Waals surface area contributed by atoms with Gasteiger partial charge in [0.1, 0.15) is 11.6 Å². The zero-order chi connectivity index (χ0) is 15.4. The number of carbonyl (C=O) groups excluding carboxylic acids is 1. The average Bonchev–Trinajstić information content (AvgIpc) is 2.80. The first-order chi connectivity index (χ1) is 10.0. The highest BCUT2D eigenvalue weighted by molar-refractivity contribution is 5.97. The minimum atomic E-state index is -0.711. The molecule has 1 heterocycles. The number of aromatic nitrogens is 2. The number of amides is 1. The van der Waals surface area contributed by atoms with E-state index in [1.165, 1.54) is 6.07 Å². The third-order valence-electron chi connectivity index (χ3n) is 3.05. The Morgan fingerprint density at radius 2 is 2.19 bits per heavy atom. The van der Waals surface area contributed by atoms with Crippen molar-refractivity contribution in [2.24, 2.45) is 0 Å². The lowest BCUT2D eigenvalue weighted by molar-refractivity contribution is 0.0946. The molecular weight excluding hydrogens is 278 g/mol. The van der Waals surface area contributed by atoms with Gasteiger partial charge in [0.05, 0.1) is 11.4 Å². The van der Waals surface area contributed by atoms with Crippen molar-refractivity contribution in [1.82, 2.24) is 15.5 Å². The summed E-state index contributed by atoms with van der Waals surface area (Å²) in [5.41, 5.74) is 7.11. The Morgan fingerprint density at radius 1 is 1.43 bits per heavy atom. The minimum Gasteiger partial charge on any atom is -0.395 e. The molecule has 0 saturated carbocycles. The number of aryl methyl sites for hydroxylation is 1. The van der Waals surface area contributed by atoms with E-state index in [1.807, 2.05) is 6.92 Å². The highest BCUT2D eigenvalue weighted by Gasteiger charge is 2.17. The first-order valence-corrected chi connectivity index (χ1v) is 6.57. The molecule has 21 heavy (non-hydrogen) atoms. The summed E-state index contributed by atoms with van der Waals surface area (Å²) in [6.45, 7) is 1.91. The van der Waals surface area contributed by atoms with Crippen LogP contribution in [0.5, 0.6) is 0 Å². The van der Waals surface area contributed by atoms with Crippen LogP contribution in [0.3, 0.4) is 0 Å². The van der Waals surface area contributed by atoms with E-state index in [1.54, 1.807) is 0 Å². The third-order valence-corrected chi connectivity index (χ3v) is 3.05. The lowest BCUT2D eigenvalue weighted by Gasteiger charge is -2.05. The molecular formula is C14H16F2N4O. The van der Waals surface area contributed by atoms with Crippen LogP contribution in [0.25, 0.3) is 0 Å². The second-order valence-electron chi connectivity index (χ2n) is 4.63. The highest BCUT2D eigenvalue weighted by Crippen LogP contribution is 2.16. The van der Waals surface area contributed by atoms with Gasteiger partial charge < -0.3 is 11.1 Å². The molecule has 1 aromatic heterocycles. The van der Waals surface area contributed by atoms with Gasteiger partial charge >= 0.3 is 0 Å². The molecule has 0 bridgehead atoms. The summed E-state index contributed by atoms with van der Waals surface area (Å²) in [4.78, 5) is 12.0. The van der Waals surface area contributed by atoms with Crippen molar-refractivity contribution in [3.8, 4) is 0 Å². The molecule has 2 rings (SSSR count). The van der Waals surface area contributed by atoms with Crippen molar-refractivity contribution >= 4 is 11.6 Å². The average molecular weight is 294 g/mol. The van der Waals surface area contributed by atoms with Gasteiger partial charge in [-0.3, -0.25) is 9.89 Å². The van der Waals surface area contributed by atoms with Crippen LogP contribution < -0.4 is 11.1 Å². The van der Waals surface area contributed by atoms with E-state index in [4.69, 9.17) is 5.73 Å². The van der Waals surface area contributed by atoms with Crippen LogP contribution in [0.1, 0.15) is 35.1 Å². The van der Waals surface area contributed by atoms with E-state index in [0.717, 1.165) is 18.6 Å². The van der Waals surface area contributed by atoms with Gasteiger partial charge in [-0.1, -0.05) is 19.4 Å². The van der Waals surface area contributed by atoms with Crippen molar-refractivity contribution in [2.45, 2.75) is 26.3 Å². The molecule has 0 radical (unpaired) electrons. The number of H-pyrrole nitrogens is 1. The summed E-state index contributed by atoms with van der Waals surface area (Å²) in [6, 6.07) is 3.18. The van der Waals surface area contributed by atoms with Crippen LogP contribution in [0.15, 0.2) is 18.2 Å². The molecule has 0 spiro atoms. The largest absolute Gasteiger partial charge is 0.395 e. The monoisotopic (exact) mass is 294 g/mol. The number of nitrogens with one attached hydrogen (secondary N) is 2. The normalized spacial score (nSPS) is 10.6. The highest BCUT2D eigenvalue weighted by atomic mass is 19.1. The third kappa shape index (κ3) is 3.36. The summed E-state index contributed by atoms with van der Waals surface area (Å²) < 4.78 is 26.2. The van der Waals surface area contributed by atoms with Crippen molar-refractivity contribution in [2.75, 3.05) is 5.73 Å². The number of nitrogens with zero attached hydrogens (tertiary/aromatic N) is 1. The smallest absolute Gasteiger partial charge is 0.274 e. The van der Waals surface area contributed by atoms with Crippen molar-refractivity contribution in [3.05, 3.63) is 46.8 Å². The van der Waals surface area contributed by atoms with E-state index in [2.05, 4.69) is 15.5 Å². The van der Waals surface area contributed by atoms with Crippen LogP contribution >= 0.6 is 0 Å². The molecule has 7 heteroatoms.